The van der Waals surface area contributed by atoms with Crippen molar-refractivity contribution in [3.05, 3.63) is 0 Å². The molecule has 1 aliphatic rings. The Morgan fingerprint density at radius 1 is 1.40 bits per heavy atom. The first-order valence-electron chi connectivity index (χ1n) is 6.02. The maximum absolute atomic E-state index is 9.59. The van der Waals surface area contributed by atoms with Crippen molar-refractivity contribution in [1.29, 1.82) is 0 Å². The molecule has 1 rings (SSSR count). The molecule has 0 aromatic rings. The van der Waals surface area contributed by atoms with E-state index in [0.717, 1.165) is 32.3 Å². The number of ether oxygens (including phenoxy) is 1. The summed E-state index contributed by atoms with van der Waals surface area (Å²) in [5.74, 6) is 0.564. The van der Waals surface area contributed by atoms with Crippen molar-refractivity contribution >= 4 is 0 Å². The highest BCUT2D eigenvalue weighted by atomic mass is 16.5. The number of rotatable bonds is 4. The minimum atomic E-state index is -0.238. The van der Waals surface area contributed by atoms with Crippen LogP contribution in [0.5, 0.6) is 0 Å². The second kappa shape index (κ2) is 9.13. The van der Waals surface area contributed by atoms with E-state index in [0.29, 0.717) is 12.5 Å². The van der Waals surface area contributed by atoms with E-state index in [1.807, 2.05) is 6.92 Å². The summed E-state index contributed by atoms with van der Waals surface area (Å²) < 4.78 is 5.37. The average Bonchev–Trinajstić information content (AvgIpc) is 2.70. The van der Waals surface area contributed by atoms with Crippen molar-refractivity contribution in [2.75, 3.05) is 13.2 Å². The van der Waals surface area contributed by atoms with Crippen LogP contribution in [0.3, 0.4) is 0 Å². The molecule has 92 valence electrons. The summed E-state index contributed by atoms with van der Waals surface area (Å²) in [5.41, 5.74) is 0. The van der Waals surface area contributed by atoms with Gasteiger partial charge in [-0.25, -0.2) is 0 Å². The van der Waals surface area contributed by atoms with Crippen LogP contribution >= 0.6 is 0 Å². The summed E-state index contributed by atoms with van der Waals surface area (Å²) in [6, 6.07) is 0. The first-order valence-corrected chi connectivity index (χ1v) is 6.02. The Balaban J connectivity index is 0.000000423. The van der Waals surface area contributed by atoms with E-state index in [9.17, 15) is 5.11 Å². The predicted octanol–water partition coefficient (Wildman–Crippen LogP) is 1.96. The molecule has 0 amide bonds. The van der Waals surface area contributed by atoms with Gasteiger partial charge in [0.15, 0.2) is 0 Å². The van der Waals surface area contributed by atoms with Gasteiger partial charge >= 0.3 is 0 Å². The van der Waals surface area contributed by atoms with Gasteiger partial charge in [0, 0.05) is 13.2 Å². The molecule has 3 nitrogen and oxygen atoms in total. The summed E-state index contributed by atoms with van der Waals surface area (Å²) in [4.78, 5) is 0. The minimum Gasteiger partial charge on any atom is -0.396 e. The molecule has 0 aliphatic carbocycles. The van der Waals surface area contributed by atoms with Crippen LogP contribution in [0, 0.1) is 5.92 Å². The van der Waals surface area contributed by atoms with E-state index in [-0.39, 0.29) is 12.2 Å². The van der Waals surface area contributed by atoms with Crippen molar-refractivity contribution in [3.63, 3.8) is 0 Å². The second-order valence-electron chi connectivity index (χ2n) is 4.47. The van der Waals surface area contributed by atoms with Gasteiger partial charge < -0.3 is 14.9 Å². The van der Waals surface area contributed by atoms with Crippen LogP contribution in [0.25, 0.3) is 0 Å². The van der Waals surface area contributed by atoms with Crippen molar-refractivity contribution in [1.82, 2.24) is 0 Å². The molecule has 1 heterocycles. The number of hydrogen-bond acceptors (Lipinski definition) is 3. The lowest BCUT2D eigenvalue weighted by Crippen LogP contribution is -2.26. The number of aliphatic hydroxyl groups excluding tert-OH is 2. The Labute approximate surface area is 93.5 Å². The number of aliphatic hydroxyl groups is 2. The topological polar surface area (TPSA) is 49.7 Å². The maximum Gasteiger partial charge on any atom is 0.0834 e. The van der Waals surface area contributed by atoms with Gasteiger partial charge in [0.05, 0.1) is 12.2 Å². The van der Waals surface area contributed by atoms with E-state index in [1.54, 1.807) is 0 Å². The molecule has 0 saturated carbocycles. The second-order valence-corrected chi connectivity index (χ2v) is 4.47. The normalized spacial score (nSPS) is 22.4. The van der Waals surface area contributed by atoms with Crippen molar-refractivity contribution in [2.24, 2.45) is 5.92 Å². The monoisotopic (exact) mass is 218 g/mol. The highest BCUT2D eigenvalue weighted by Gasteiger charge is 2.24. The van der Waals surface area contributed by atoms with Crippen molar-refractivity contribution in [3.8, 4) is 0 Å². The third-order valence-electron chi connectivity index (χ3n) is 2.33. The zero-order valence-electron chi connectivity index (χ0n) is 10.3. The Morgan fingerprint density at radius 3 is 2.33 bits per heavy atom. The van der Waals surface area contributed by atoms with Crippen LogP contribution in [0.2, 0.25) is 0 Å². The lowest BCUT2D eigenvalue weighted by molar-refractivity contribution is -0.0109. The molecule has 1 saturated heterocycles. The van der Waals surface area contributed by atoms with Crippen molar-refractivity contribution in [2.45, 2.75) is 58.7 Å². The molecule has 0 aromatic carbocycles. The zero-order chi connectivity index (χ0) is 11.7. The lowest BCUT2D eigenvalue weighted by atomic mass is 10.0. The zero-order valence-corrected chi connectivity index (χ0v) is 10.3. The molecule has 15 heavy (non-hydrogen) atoms. The Hall–Kier alpha value is -0.120. The standard InChI is InChI=1S/C9H18O2.C3H8O/c1-7(2)6-8(10)9-4-3-5-11-9;1-2-3-4/h7-10H,3-6H2,1-2H3;4H,2-3H2,1H3. The van der Waals surface area contributed by atoms with Crippen LogP contribution in [-0.2, 0) is 4.74 Å². The minimum absolute atomic E-state index is 0.123. The molecule has 2 atom stereocenters. The first-order chi connectivity index (χ1) is 7.11. The summed E-state index contributed by atoms with van der Waals surface area (Å²) in [6.07, 6.45) is 3.77. The smallest absolute Gasteiger partial charge is 0.0834 e. The fraction of sp³-hybridized carbons (Fsp3) is 1.00. The summed E-state index contributed by atoms with van der Waals surface area (Å²) in [6.45, 7) is 7.33. The van der Waals surface area contributed by atoms with Crippen molar-refractivity contribution < 1.29 is 14.9 Å². The third-order valence-corrected chi connectivity index (χ3v) is 2.33. The van der Waals surface area contributed by atoms with E-state index in [1.165, 1.54) is 0 Å². The molecule has 0 radical (unpaired) electrons. The molecule has 0 aromatic heterocycles. The molecular weight excluding hydrogens is 192 g/mol. The Bertz CT molecular complexity index is 129. The van der Waals surface area contributed by atoms with E-state index < -0.39 is 0 Å². The molecule has 0 bridgehead atoms. The van der Waals surface area contributed by atoms with Crippen LogP contribution in [-0.4, -0.2) is 35.6 Å². The van der Waals surface area contributed by atoms with Crippen LogP contribution in [0.15, 0.2) is 0 Å². The highest BCUT2D eigenvalue weighted by Crippen LogP contribution is 2.19. The summed E-state index contributed by atoms with van der Waals surface area (Å²) >= 11 is 0. The number of hydrogen-bond donors (Lipinski definition) is 2. The van der Waals surface area contributed by atoms with Crippen LogP contribution < -0.4 is 0 Å². The van der Waals surface area contributed by atoms with Gasteiger partial charge in [0.25, 0.3) is 0 Å². The lowest BCUT2D eigenvalue weighted by Gasteiger charge is -2.18. The molecule has 1 aliphatic heterocycles. The quantitative estimate of drug-likeness (QED) is 0.758. The van der Waals surface area contributed by atoms with E-state index in [2.05, 4.69) is 13.8 Å². The first kappa shape index (κ1) is 14.9. The van der Waals surface area contributed by atoms with Crippen LogP contribution in [0.4, 0.5) is 0 Å². The average molecular weight is 218 g/mol. The van der Waals surface area contributed by atoms with Gasteiger partial charge in [-0.3, -0.25) is 0 Å². The van der Waals surface area contributed by atoms with Gasteiger partial charge in [0.2, 0.25) is 0 Å². The molecule has 2 unspecified atom stereocenters. The highest BCUT2D eigenvalue weighted by molar-refractivity contribution is 4.74. The fourth-order valence-electron chi connectivity index (χ4n) is 1.54. The molecule has 1 fully saturated rings. The largest absolute Gasteiger partial charge is 0.396 e. The molecule has 3 heteroatoms. The Morgan fingerprint density at radius 2 is 2.00 bits per heavy atom. The molecule has 2 N–H and O–H groups in total. The summed E-state index contributed by atoms with van der Waals surface area (Å²) in [5, 5.41) is 17.5. The SMILES string of the molecule is CC(C)CC(O)C1CCCO1.CCCO. The van der Waals surface area contributed by atoms with E-state index in [4.69, 9.17) is 9.84 Å². The maximum atomic E-state index is 9.59. The van der Waals surface area contributed by atoms with Gasteiger partial charge in [-0.2, -0.15) is 0 Å². The van der Waals surface area contributed by atoms with Gasteiger partial charge in [-0.05, 0) is 31.6 Å². The Kier molecular flexibility index (Phi) is 9.06. The third kappa shape index (κ3) is 7.77. The van der Waals surface area contributed by atoms with Crippen LogP contribution in [0.1, 0.15) is 46.5 Å². The van der Waals surface area contributed by atoms with Gasteiger partial charge in [-0.1, -0.05) is 20.8 Å². The van der Waals surface area contributed by atoms with Gasteiger partial charge in [-0.15, -0.1) is 0 Å². The predicted molar refractivity (Wildman–Crippen MR) is 61.8 cm³/mol. The van der Waals surface area contributed by atoms with E-state index >= 15 is 0 Å². The molecule has 0 spiro atoms. The molecular formula is C12H26O3. The fourth-order valence-corrected chi connectivity index (χ4v) is 1.54. The summed E-state index contributed by atoms with van der Waals surface area (Å²) in [7, 11) is 0. The van der Waals surface area contributed by atoms with Gasteiger partial charge in [0.1, 0.15) is 0 Å².